The topological polar surface area (TPSA) is 122 Å². The van der Waals surface area contributed by atoms with Crippen molar-refractivity contribution in [2.24, 2.45) is 21.7 Å². The summed E-state index contributed by atoms with van der Waals surface area (Å²) in [5, 5.41) is 7.20. The number of esters is 1. The fraction of sp³-hybridized carbons (Fsp3) is 0.308. The van der Waals surface area contributed by atoms with Crippen molar-refractivity contribution in [3.05, 3.63) is 23.8 Å². The Kier molecular flexibility index (Phi) is 6.52. The number of nitrogens with two attached hydrogens (primary N) is 2. The highest BCUT2D eigenvalue weighted by Gasteiger charge is 2.12. The highest BCUT2D eigenvalue weighted by molar-refractivity contribution is 5.86. The molecule has 0 atom stereocenters. The Balaban J connectivity index is 2.95. The van der Waals surface area contributed by atoms with E-state index in [-0.39, 0.29) is 19.2 Å². The molecule has 8 nitrogen and oxygen atoms in total. The van der Waals surface area contributed by atoms with E-state index in [1.807, 2.05) is 0 Å². The number of para-hydroxylation sites is 1. The molecule has 0 aromatic heterocycles. The molecule has 0 heterocycles. The first kappa shape index (κ1) is 16.3. The summed E-state index contributed by atoms with van der Waals surface area (Å²) in [4.78, 5) is 11.4. The highest BCUT2D eigenvalue weighted by Crippen LogP contribution is 2.30. The summed E-state index contributed by atoms with van der Waals surface area (Å²) >= 11 is 0. The normalized spacial score (nSPS) is 10.2. The van der Waals surface area contributed by atoms with Crippen LogP contribution in [0, 0.1) is 0 Å². The summed E-state index contributed by atoms with van der Waals surface area (Å²) in [7, 11) is 1.49. The van der Waals surface area contributed by atoms with Crippen LogP contribution in [0.25, 0.3) is 0 Å². The van der Waals surface area contributed by atoms with Gasteiger partial charge in [0.1, 0.15) is 0 Å². The van der Waals surface area contributed by atoms with Crippen molar-refractivity contribution in [1.29, 1.82) is 0 Å². The lowest BCUT2D eigenvalue weighted by atomic mass is 10.2. The van der Waals surface area contributed by atoms with E-state index in [4.69, 9.17) is 25.7 Å². The number of nitrogens with zero attached hydrogens (tertiary/aromatic N) is 2. The maximum Gasteiger partial charge on any atom is 0.344 e. The molecule has 0 amide bonds. The molecule has 0 aliphatic rings. The maximum absolute atomic E-state index is 11.4. The van der Waals surface area contributed by atoms with E-state index in [1.165, 1.54) is 13.3 Å². The van der Waals surface area contributed by atoms with Crippen LogP contribution in [0.15, 0.2) is 28.4 Å². The molecule has 4 N–H and O–H groups in total. The van der Waals surface area contributed by atoms with Crippen molar-refractivity contribution in [3.63, 3.8) is 0 Å². The van der Waals surface area contributed by atoms with Crippen molar-refractivity contribution < 1.29 is 19.0 Å². The first-order valence-corrected chi connectivity index (χ1v) is 6.15. The molecule has 1 aromatic rings. The number of carbonyl (C=O) groups excluding carboxylic acids is 1. The molecular weight excluding hydrogens is 276 g/mol. The van der Waals surface area contributed by atoms with Crippen molar-refractivity contribution in [2.45, 2.75) is 6.92 Å². The molecule has 0 saturated carbocycles. The van der Waals surface area contributed by atoms with Crippen LogP contribution in [0.3, 0.4) is 0 Å². The quantitative estimate of drug-likeness (QED) is 0.321. The van der Waals surface area contributed by atoms with Gasteiger partial charge in [-0.1, -0.05) is 6.07 Å². The maximum atomic E-state index is 11.4. The third kappa shape index (κ3) is 5.39. The molecule has 1 aromatic carbocycles. The second kappa shape index (κ2) is 8.41. The fourth-order valence-corrected chi connectivity index (χ4v) is 1.44. The van der Waals surface area contributed by atoms with Gasteiger partial charge in [0.2, 0.25) is 5.96 Å². The number of hydrogen-bond acceptors (Lipinski definition) is 6. The molecule has 0 aliphatic carbocycles. The van der Waals surface area contributed by atoms with Crippen LogP contribution >= 0.6 is 0 Å². The molecule has 0 unspecified atom stereocenters. The fourth-order valence-electron chi connectivity index (χ4n) is 1.44. The molecule has 0 spiro atoms. The average Bonchev–Trinajstić information content (AvgIpc) is 2.45. The Morgan fingerprint density at radius 2 is 2.14 bits per heavy atom. The first-order valence-electron chi connectivity index (χ1n) is 6.15. The van der Waals surface area contributed by atoms with Gasteiger partial charge in [0, 0.05) is 5.56 Å². The number of rotatable bonds is 7. The summed E-state index contributed by atoms with van der Waals surface area (Å²) in [6.45, 7) is 1.76. The van der Waals surface area contributed by atoms with Gasteiger partial charge in [0.15, 0.2) is 18.1 Å². The van der Waals surface area contributed by atoms with Crippen LogP contribution in [0.1, 0.15) is 12.5 Å². The summed E-state index contributed by atoms with van der Waals surface area (Å²) in [5.74, 6) is 0.161. The van der Waals surface area contributed by atoms with E-state index in [9.17, 15) is 4.79 Å². The van der Waals surface area contributed by atoms with Gasteiger partial charge in [0.05, 0.1) is 19.9 Å². The molecule has 0 aliphatic heterocycles. The monoisotopic (exact) mass is 294 g/mol. The molecule has 8 heteroatoms. The first-order chi connectivity index (χ1) is 10.1. The van der Waals surface area contributed by atoms with Crippen LogP contribution in [0.2, 0.25) is 0 Å². The highest BCUT2D eigenvalue weighted by atomic mass is 16.6. The second-order valence-corrected chi connectivity index (χ2v) is 3.74. The van der Waals surface area contributed by atoms with Gasteiger partial charge in [-0.3, -0.25) is 0 Å². The molecule has 0 bridgehead atoms. The summed E-state index contributed by atoms with van der Waals surface area (Å²) < 4.78 is 15.4. The third-order valence-corrected chi connectivity index (χ3v) is 2.24. The van der Waals surface area contributed by atoms with Crippen molar-refractivity contribution in [2.75, 3.05) is 20.3 Å². The number of carbonyl (C=O) groups is 1. The minimum atomic E-state index is -0.476. The Morgan fingerprint density at radius 1 is 1.38 bits per heavy atom. The summed E-state index contributed by atoms with van der Waals surface area (Å²) in [5.41, 5.74) is 10.9. The SMILES string of the molecule is CCOC(=O)COc1c(C=NN=C(N)N)cccc1OC. The van der Waals surface area contributed by atoms with Crippen molar-refractivity contribution in [1.82, 2.24) is 0 Å². The molecule has 0 fully saturated rings. The number of guanidine groups is 1. The van der Waals surface area contributed by atoms with Crippen molar-refractivity contribution >= 4 is 18.1 Å². The Morgan fingerprint density at radius 3 is 2.76 bits per heavy atom. The van der Waals surface area contributed by atoms with Gasteiger partial charge in [0.25, 0.3) is 0 Å². The van der Waals surface area contributed by atoms with Gasteiger partial charge in [-0.05, 0) is 19.1 Å². The number of hydrogen-bond donors (Lipinski definition) is 2. The lowest BCUT2D eigenvalue weighted by molar-refractivity contribution is -0.145. The molecule has 1 rings (SSSR count). The molecule has 114 valence electrons. The zero-order chi connectivity index (χ0) is 15.7. The lowest BCUT2D eigenvalue weighted by Crippen LogP contribution is -2.21. The van der Waals surface area contributed by atoms with E-state index < -0.39 is 5.97 Å². The minimum Gasteiger partial charge on any atom is -0.493 e. The molecule has 21 heavy (non-hydrogen) atoms. The number of benzene rings is 1. The predicted molar refractivity (Wildman–Crippen MR) is 78.5 cm³/mol. The van der Waals surface area contributed by atoms with Crippen LogP contribution in [0.5, 0.6) is 11.5 Å². The summed E-state index contributed by atoms with van der Waals surface area (Å²) in [6, 6.07) is 5.15. The van der Waals surface area contributed by atoms with E-state index in [2.05, 4.69) is 10.2 Å². The number of methoxy groups -OCH3 is 1. The Hall–Kier alpha value is -2.77. The smallest absolute Gasteiger partial charge is 0.344 e. The van der Waals surface area contributed by atoms with E-state index in [1.54, 1.807) is 25.1 Å². The molecule has 0 radical (unpaired) electrons. The Labute approximate surface area is 122 Å². The van der Waals surface area contributed by atoms with E-state index >= 15 is 0 Å². The van der Waals surface area contributed by atoms with Crippen molar-refractivity contribution in [3.8, 4) is 11.5 Å². The van der Waals surface area contributed by atoms with Gasteiger partial charge in [-0.15, -0.1) is 5.10 Å². The zero-order valence-corrected chi connectivity index (χ0v) is 11.9. The zero-order valence-electron chi connectivity index (χ0n) is 11.9. The lowest BCUT2D eigenvalue weighted by Gasteiger charge is -2.12. The standard InChI is InChI=1S/C13H18N4O4/c1-3-20-11(18)8-21-12-9(7-16-17-13(14)15)5-4-6-10(12)19-2/h4-7H,3,8H2,1-2H3,(H4,14,15,17). The van der Waals surface area contributed by atoms with Gasteiger partial charge >= 0.3 is 5.97 Å². The second-order valence-electron chi connectivity index (χ2n) is 3.74. The molecule has 0 saturated heterocycles. The van der Waals surface area contributed by atoms with E-state index in [0.717, 1.165) is 0 Å². The number of ether oxygens (including phenoxy) is 3. The average molecular weight is 294 g/mol. The van der Waals surface area contributed by atoms with E-state index in [0.29, 0.717) is 17.1 Å². The Bertz CT molecular complexity index is 539. The van der Waals surface area contributed by atoms with Gasteiger partial charge in [-0.25, -0.2) is 4.79 Å². The van der Waals surface area contributed by atoms with Crippen LogP contribution < -0.4 is 20.9 Å². The minimum absolute atomic E-state index is 0.164. The van der Waals surface area contributed by atoms with Crippen LogP contribution in [-0.2, 0) is 9.53 Å². The summed E-state index contributed by atoms with van der Waals surface area (Å²) in [6.07, 6.45) is 1.39. The molecular formula is C13H18N4O4. The van der Waals surface area contributed by atoms with Crippen LogP contribution in [-0.4, -0.2) is 38.5 Å². The van der Waals surface area contributed by atoms with Crippen LogP contribution in [0.4, 0.5) is 0 Å². The predicted octanol–water partition coefficient (Wildman–Crippen LogP) is 0.244. The van der Waals surface area contributed by atoms with Gasteiger partial charge < -0.3 is 25.7 Å². The van der Waals surface area contributed by atoms with Gasteiger partial charge in [-0.2, -0.15) is 5.10 Å². The largest absolute Gasteiger partial charge is 0.493 e. The third-order valence-electron chi connectivity index (χ3n) is 2.24.